The third-order valence-corrected chi connectivity index (χ3v) is 12.1. The smallest absolute Gasteiger partial charge is 0.223 e. The monoisotopic (exact) mass is 497 g/mol. The number of allylic oxidation sites excluding steroid dienone is 1. The largest absolute Gasteiger partial charge is 0.344 e. The molecule has 34 heavy (non-hydrogen) atoms. The van der Waals surface area contributed by atoms with Crippen molar-refractivity contribution in [3.8, 4) is 0 Å². The van der Waals surface area contributed by atoms with Crippen molar-refractivity contribution in [3.05, 3.63) is 63.6 Å². The molecule has 1 aromatic heterocycles. The van der Waals surface area contributed by atoms with Crippen LogP contribution in [-0.2, 0) is 22.8 Å². The molecule has 6 heteroatoms. The van der Waals surface area contributed by atoms with E-state index in [9.17, 15) is 4.21 Å². The molecule has 1 saturated carbocycles. The minimum Gasteiger partial charge on any atom is -0.344 e. The summed E-state index contributed by atoms with van der Waals surface area (Å²) in [4.78, 5) is 5.02. The second-order valence-corrected chi connectivity index (χ2v) is 13.4. The zero-order chi connectivity index (χ0) is 23.0. The average Bonchev–Trinajstić information content (AvgIpc) is 3.54. The fourth-order valence-corrected chi connectivity index (χ4v) is 10.5. The fourth-order valence-electron chi connectivity index (χ4n) is 7.21. The maximum atomic E-state index is 14.5. The van der Waals surface area contributed by atoms with Gasteiger partial charge < -0.3 is 5.32 Å². The van der Waals surface area contributed by atoms with Crippen molar-refractivity contribution in [2.45, 2.75) is 86.8 Å². The molecule has 182 valence electrons. The standard InChI is InChI=1S/C28H37N3OS2/c32-34(26-18-29-19-28(26)14-7-12-25-27(28)33-20-30-25)31-15-13-23(22-10-5-2-6-11-22)17-24(31)16-21-8-3-1-4-9-21/h2,5-6,10-11,16,20,23-24,26,29H,1,3-4,7-9,12-15,17-19H2/p+2. The van der Waals surface area contributed by atoms with Crippen molar-refractivity contribution in [2.24, 2.45) is 0 Å². The van der Waals surface area contributed by atoms with Crippen LogP contribution >= 0.6 is 11.3 Å². The maximum Gasteiger partial charge on any atom is 0.223 e. The molecular weight excluding hydrogens is 458 g/mol. The van der Waals surface area contributed by atoms with E-state index in [1.807, 2.05) is 11.3 Å². The molecule has 5 unspecified atom stereocenters. The number of thiazole rings is 1. The van der Waals surface area contributed by atoms with Gasteiger partial charge in [0.1, 0.15) is 16.2 Å². The number of piperidine rings is 1. The van der Waals surface area contributed by atoms with Gasteiger partial charge in [0.05, 0.1) is 23.4 Å². The van der Waals surface area contributed by atoms with Crippen molar-refractivity contribution in [1.29, 1.82) is 0 Å². The normalized spacial score (nSPS) is 33.1. The Morgan fingerprint density at radius 3 is 2.82 bits per heavy atom. The minimum atomic E-state index is -0.966. The third kappa shape index (κ3) is 4.25. The quantitative estimate of drug-likeness (QED) is 0.641. The molecule has 4 aliphatic rings. The highest BCUT2D eigenvalue weighted by Gasteiger charge is 2.56. The molecule has 2 aliphatic heterocycles. The molecule has 1 aromatic carbocycles. The van der Waals surface area contributed by atoms with E-state index in [1.165, 1.54) is 61.1 Å². The molecule has 2 aliphatic carbocycles. The summed E-state index contributed by atoms with van der Waals surface area (Å²) in [5.74, 6) is 0.567. The topological polar surface area (TPSA) is 51.1 Å². The SMILES string of the molecule is O=S(C1C[NH2+]CC12CCCc1[nH+]csc12)N1CCC(c2ccccc2)CC1C=C1CCCCC1. The Bertz CT molecular complexity index is 1040. The van der Waals surface area contributed by atoms with E-state index < -0.39 is 11.0 Å². The molecular formula is C28H39N3OS2+2. The Balaban J connectivity index is 1.30. The Kier molecular flexibility index (Phi) is 6.76. The van der Waals surface area contributed by atoms with Crippen LogP contribution in [0.25, 0.3) is 0 Å². The van der Waals surface area contributed by atoms with Crippen molar-refractivity contribution >= 4 is 22.3 Å². The van der Waals surface area contributed by atoms with Crippen molar-refractivity contribution in [2.75, 3.05) is 19.6 Å². The summed E-state index contributed by atoms with van der Waals surface area (Å²) in [6.45, 7) is 3.03. The first-order valence-corrected chi connectivity index (χ1v) is 15.5. The molecule has 3 fully saturated rings. The van der Waals surface area contributed by atoms with Gasteiger partial charge in [-0.25, -0.2) is 13.5 Å². The van der Waals surface area contributed by atoms with E-state index in [-0.39, 0.29) is 10.7 Å². The molecule has 2 saturated heterocycles. The lowest BCUT2D eigenvalue weighted by Gasteiger charge is -2.41. The Morgan fingerprint density at radius 2 is 1.97 bits per heavy atom. The van der Waals surface area contributed by atoms with E-state index in [0.29, 0.717) is 12.0 Å². The van der Waals surface area contributed by atoms with Gasteiger partial charge in [0, 0.05) is 19.0 Å². The van der Waals surface area contributed by atoms with E-state index in [0.717, 1.165) is 38.9 Å². The first kappa shape index (κ1) is 23.1. The lowest BCUT2D eigenvalue weighted by Crippen LogP contribution is -2.82. The van der Waals surface area contributed by atoms with Crippen molar-refractivity contribution in [3.63, 3.8) is 0 Å². The predicted molar refractivity (Wildman–Crippen MR) is 139 cm³/mol. The Hall–Kier alpha value is -1.34. The number of aryl methyl sites for hydroxylation is 1. The van der Waals surface area contributed by atoms with Crippen LogP contribution in [0.15, 0.2) is 47.5 Å². The van der Waals surface area contributed by atoms with Crippen LogP contribution in [0.3, 0.4) is 0 Å². The number of rotatable bonds is 4. The van der Waals surface area contributed by atoms with Crippen molar-refractivity contribution < 1.29 is 14.5 Å². The van der Waals surface area contributed by atoms with Crippen LogP contribution < -0.4 is 10.3 Å². The number of H-pyrrole nitrogens is 1. The highest BCUT2D eigenvalue weighted by Crippen LogP contribution is 2.45. The molecule has 3 N–H and O–H groups in total. The minimum absolute atomic E-state index is 0.0852. The molecule has 0 amide bonds. The molecule has 3 heterocycles. The number of fused-ring (bicyclic) bond motifs is 2. The van der Waals surface area contributed by atoms with Gasteiger partial charge in [-0.15, -0.1) is 0 Å². The molecule has 0 bridgehead atoms. The number of aromatic nitrogens is 1. The lowest BCUT2D eigenvalue weighted by molar-refractivity contribution is -0.638. The number of hydrogen-bond donors (Lipinski definition) is 1. The number of nitrogens with zero attached hydrogens (tertiary/aromatic N) is 1. The van der Waals surface area contributed by atoms with Gasteiger partial charge in [-0.2, -0.15) is 0 Å². The van der Waals surface area contributed by atoms with Gasteiger partial charge in [0.25, 0.3) is 0 Å². The number of aromatic amines is 1. The maximum absolute atomic E-state index is 14.5. The summed E-state index contributed by atoms with van der Waals surface area (Å²) in [7, 11) is -0.966. The summed E-state index contributed by atoms with van der Waals surface area (Å²) >= 11 is 1.88. The van der Waals surface area contributed by atoms with E-state index in [4.69, 9.17) is 0 Å². The first-order chi connectivity index (χ1) is 16.7. The number of nitrogens with two attached hydrogens (primary N) is 1. The van der Waals surface area contributed by atoms with Crippen LogP contribution in [-0.4, -0.2) is 39.4 Å². The van der Waals surface area contributed by atoms with Crippen LogP contribution in [0.5, 0.6) is 0 Å². The molecule has 5 atom stereocenters. The van der Waals surface area contributed by atoms with Crippen LogP contribution in [0.2, 0.25) is 0 Å². The number of benzene rings is 1. The molecule has 6 rings (SSSR count). The second-order valence-electron chi connectivity index (χ2n) is 10.9. The van der Waals surface area contributed by atoms with Crippen LogP contribution in [0, 0.1) is 0 Å². The summed E-state index contributed by atoms with van der Waals surface area (Å²) < 4.78 is 16.9. The predicted octanol–water partition coefficient (Wildman–Crippen LogP) is 3.88. The zero-order valence-electron chi connectivity index (χ0n) is 20.2. The summed E-state index contributed by atoms with van der Waals surface area (Å²) in [6, 6.07) is 11.3. The Labute approximate surface area is 210 Å². The van der Waals surface area contributed by atoms with Gasteiger partial charge in [-0.1, -0.05) is 59.7 Å². The van der Waals surface area contributed by atoms with Gasteiger partial charge in [0.15, 0.2) is 5.69 Å². The third-order valence-electron chi connectivity index (χ3n) is 8.95. The molecule has 0 radical (unpaired) electrons. The van der Waals surface area contributed by atoms with Gasteiger partial charge in [0.2, 0.25) is 5.51 Å². The van der Waals surface area contributed by atoms with Gasteiger partial charge in [-0.3, -0.25) is 0 Å². The molecule has 1 spiro atoms. The van der Waals surface area contributed by atoms with Gasteiger partial charge >= 0.3 is 0 Å². The summed E-state index contributed by atoms with van der Waals surface area (Å²) in [5, 5.41) is 2.67. The summed E-state index contributed by atoms with van der Waals surface area (Å²) in [6.07, 6.45) is 14.8. The number of nitrogens with one attached hydrogen (secondary N) is 1. The first-order valence-electron chi connectivity index (χ1n) is 13.5. The molecule has 2 aromatic rings. The molecule has 4 nitrogen and oxygen atoms in total. The van der Waals surface area contributed by atoms with Crippen LogP contribution in [0.1, 0.15) is 79.8 Å². The van der Waals surface area contributed by atoms with E-state index in [1.54, 1.807) is 5.57 Å². The highest BCUT2D eigenvalue weighted by molar-refractivity contribution is 7.83. The van der Waals surface area contributed by atoms with Crippen molar-refractivity contribution in [1.82, 2.24) is 4.31 Å². The van der Waals surface area contributed by atoms with Crippen LogP contribution in [0.4, 0.5) is 0 Å². The Morgan fingerprint density at radius 1 is 1.12 bits per heavy atom. The average molecular weight is 498 g/mol. The number of hydrogen-bond acceptors (Lipinski definition) is 2. The number of quaternary nitrogens is 1. The van der Waals surface area contributed by atoms with E-state index >= 15 is 0 Å². The zero-order valence-corrected chi connectivity index (χ0v) is 21.8. The lowest BCUT2D eigenvalue weighted by atomic mass is 9.75. The highest BCUT2D eigenvalue weighted by atomic mass is 32.2. The van der Waals surface area contributed by atoms with E-state index in [2.05, 4.69) is 56.5 Å². The second kappa shape index (κ2) is 9.96. The van der Waals surface area contributed by atoms with Gasteiger partial charge in [-0.05, 0) is 62.8 Å². The fraction of sp³-hybridized carbons (Fsp3) is 0.607. The summed E-state index contributed by atoms with van der Waals surface area (Å²) in [5.41, 5.74) is 6.72.